The minimum Gasteiger partial charge on any atom is -0.262 e. The highest BCUT2D eigenvalue weighted by molar-refractivity contribution is 9.11. The lowest BCUT2D eigenvalue weighted by molar-refractivity contribution is 0.600. The van der Waals surface area contributed by atoms with Crippen LogP contribution in [0.4, 0.5) is 5.82 Å². The Kier molecular flexibility index (Phi) is 4.65. The second-order valence-corrected chi connectivity index (χ2v) is 7.79. The van der Waals surface area contributed by atoms with Crippen LogP contribution in [0.1, 0.15) is 0 Å². The van der Waals surface area contributed by atoms with Gasteiger partial charge in [-0.1, -0.05) is 15.9 Å². The number of nitrogens with one attached hydrogen (secondary N) is 1. The number of nitrogens with zero attached hydrogens (tertiary/aromatic N) is 1. The standard InChI is InChI=1S/C11H7Br3N2O2S/c12-7-3-4-10(9(14)6-7)19(17,18)16-11-8(13)2-1-5-15-11/h1-6H,(H,15,16). The highest BCUT2D eigenvalue weighted by Gasteiger charge is 2.19. The first-order valence-corrected chi connectivity index (χ1v) is 8.85. The third-order valence-corrected chi connectivity index (χ3v) is 5.62. The van der Waals surface area contributed by atoms with E-state index in [4.69, 9.17) is 0 Å². The zero-order valence-electron chi connectivity index (χ0n) is 9.27. The van der Waals surface area contributed by atoms with Gasteiger partial charge in [0, 0.05) is 15.1 Å². The summed E-state index contributed by atoms with van der Waals surface area (Å²) in [5, 5.41) is 0. The molecule has 1 heterocycles. The third kappa shape index (κ3) is 3.56. The van der Waals surface area contributed by atoms with E-state index in [-0.39, 0.29) is 10.7 Å². The maximum atomic E-state index is 12.3. The smallest absolute Gasteiger partial charge is 0.262 e. The van der Waals surface area contributed by atoms with Crippen LogP contribution in [0, 0.1) is 0 Å². The van der Waals surface area contributed by atoms with E-state index in [1.54, 1.807) is 24.3 Å². The Bertz CT molecular complexity index is 720. The SMILES string of the molecule is O=S(=O)(Nc1ncccc1Br)c1ccc(Br)cc1Br. The molecule has 0 bridgehead atoms. The minimum absolute atomic E-state index is 0.147. The first kappa shape index (κ1) is 15.0. The van der Waals surface area contributed by atoms with Crippen LogP contribution in [0.5, 0.6) is 0 Å². The number of rotatable bonds is 3. The van der Waals surface area contributed by atoms with Crippen LogP contribution in [0.25, 0.3) is 0 Å². The molecule has 8 heteroatoms. The molecule has 0 saturated carbocycles. The summed E-state index contributed by atoms with van der Waals surface area (Å²) in [5.41, 5.74) is 0. The fraction of sp³-hybridized carbons (Fsp3) is 0. The third-order valence-electron chi connectivity index (χ3n) is 2.17. The van der Waals surface area contributed by atoms with Crippen molar-refractivity contribution >= 4 is 63.6 Å². The van der Waals surface area contributed by atoms with Crippen molar-refractivity contribution in [1.29, 1.82) is 0 Å². The number of hydrogen-bond donors (Lipinski definition) is 1. The molecule has 0 amide bonds. The summed E-state index contributed by atoms with van der Waals surface area (Å²) in [5.74, 6) is 0.248. The Morgan fingerprint density at radius 1 is 1.05 bits per heavy atom. The molecule has 1 N–H and O–H groups in total. The van der Waals surface area contributed by atoms with Gasteiger partial charge in [0.1, 0.15) is 4.90 Å². The Hall–Kier alpha value is -0.440. The van der Waals surface area contributed by atoms with E-state index in [2.05, 4.69) is 57.5 Å². The number of halogens is 3. The van der Waals surface area contributed by atoms with Gasteiger partial charge in [0.2, 0.25) is 0 Å². The number of benzene rings is 1. The van der Waals surface area contributed by atoms with Crippen molar-refractivity contribution in [3.63, 3.8) is 0 Å². The summed E-state index contributed by atoms with van der Waals surface area (Å²) in [6.45, 7) is 0. The van der Waals surface area contributed by atoms with Crippen LogP contribution in [0.2, 0.25) is 0 Å². The zero-order chi connectivity index (χ0) is 14.0. The summed E-state index contributed by atoms with van der Waals surface area (Å²) < 4.78 is 28.8. The molecule has 1 aromatic heterocycles. The molecule has 2 rings (SSSR count). The van der Waals surface area contributed by atoms with E-state index < -0.39 is 10.0 Å². The zero-order valence-corrected chi connectivity index (χ0v) is 14.8. The van der Waals surface area contributed by atoms with E-state index in [1.165, 1.54) is 12.3 Å². The molecule has 0 unspecified atom stereocenters. The number of hydrogen-bond acceptors (Lipinski definition) is 3. The molecule has 0 radical (unpaired) electrons. The van der Waals surface area contributed by atoms with Crippen molar-refractivity contribution in [2.75, 3.05) is 4.72 Å². The summed E-state index contributed by atoms with van der Waals surface area (Å²) in [6.07, 6.45) is 1.51. The van der Waals surface area contributed by atoms with Crippen molar-refractivity contribution in [2.24, 2.45) is 0 Å². The number of pyridine rings is 1. The molecule has 2 aromatic rings. The molecule has 100 valence electrons. The highest BCUT2D eigenvalue weighted by atomic mass is 79.9. The van der Waals surface area contributed by atoms with Crippen LogP contribution in [0.15, 0.2) is 54.8 Å². The molecular weight excluding hydrogens is 464 g/mol. The Morgan fingerprint density at radius 3 is 2.42 bits per heavy atom. The fourth-order valence-electron chi connectivity index (χ4n) is 1.34. The first-order valence-electron chi connectivity index (χ1n) is 4.98. The van der Waals surface area contributed by atoms with Crippen LogP contribution >= 0.6 is 47.8 Å². The molecular formula is C11H7Br3N2O2S. The monoisotopic (exact) mass is 468 g/mol. The minimum atomic E-state index is -3.69. The topological polar surface area (TPSA) is 59.1 Å². The normalized spacial score (nSPS) is 11.3. The maximum absolute atomic E-state index is 12.3. The summed E-state index contributed by atoms with van der Waals surface area (Å²) >= 11 is 9.75. The van der Waals surface area contributed by atoms with Gasteiger partial charge in [-0.15, -0.1) is 0 Å². The lowest BCUT2D eigenvalue weighted by atomic mass is 10.4. The fourth-order valence-corrected chi connectivity index (χ4v) is 4.60. The van der Waals surface area contributed by atoms with Crippen molar-refractivity contribution in [3.8, 4) is 0 Å². The average Bonchev–Trinajstić information content (AvgIpc) is 2.31. The first-order chi connectivity index (χ1) is 8.90. The quantitative estimate of drug-likeness (QED) is 0.732. The number of aromatic nitrogens is 1. The lowest BCUT2D eigenvalue weighted by Gasteiger charge is -2.10. The molecule has 0 aliphatic carbocycles. The van der Waals surface area contributed by atoms with Gasteiger partial charge in [0.25, 0.3) is 10.0 Å². The van der Waals surface area contributed by atoms with Crippen LogP contribution < -0.4 is 4.72 Å². The molecule has 0 fully saturated rings. The van der Waals surface area contributed by atoms with Crippen molar-refractivity contribution in [2.45, 2.75) is 4.90 Å². The summed E-state index contributed by atoms with van der Waals surface area (Å²) in [4.78, 5) is 4.12. The van der Waals surface area contributed by atoms with Crippen LogP contribution in [-0.2, 0) is 10.0 Å². The Labute approximate surface area is 136 Å². The van der Waals surface area contributed by atoms with E-state index >= 15 is 0 Å². The second-order valence-electron chi connectivity index (χ2n) is 3.51. The lowest BCUT2D eigenvalue weighted by Crippen LogP contribution is -2.14. The number of sulfonamides is 1. The molecule has 0 atom stereocenters. The van der Waals surface area contributed by atoms with Gasteiger partial charge >= 0.3 is 0 Å². The Balaban J connectivity index is 2.41. The number of anilines is 1. The molecule has 1 aromatic carbocycles. The highest BCUT2D eigenvalue weighted by Crippen LogP contribution is 2.28. The van der Waals surface area contributed by atoms with E-state index in [9.17, 15) is 8.42 Å². The van der Waals surface area contributed by atoms with E-state index in [0.717, 1.165) is 4.47 Å². The molecule has 0 aliphatic rings. The Morgan fingerprint density at radius 2 is 1.79 bits per heavy atom. The van der Waals surface area contributed by atoms with Crippen molar-refractivity contribution < 1.29 is 8.42 Å². The predicted molar refractivity (Wildman–Crippen MR) is 84.6 cm³/mol. The molecule has 0 saturated heterocycles. The van der Waals surface area contributed by atoms with Gasteiger partial charge in [-0.3, -0.25) is 4.72 Å². The molecule has 0 aliphatic heterocycles. The predicted octanol–water partition coefficient (Wildman–Crippen LogP) is 4.17. The van der Waals surface area contributed by atoms with E-state index in [0.29, 0.717) is 8.95 Å². The van der Waals surface area contributed by atoms with Gasteiger partial charge < -0.3 is 0 Å². The molecule has 19 heavy (non-hydrogen) atoms. The van der Waals surface area contributed by atoms with Gasteiger partial charge in [0.05, 0.1) is 4.47 Å². The maximum Gasteiger partial charge on any atom is 0.264 e. The second kappa shape index (κ2) is 5.90. The van der Waals surface area contributed by atoms with Gasteiger partial charge in [-0.2, -0.15) is 0 Å². The van der Waals surface area contributed by atoms with Gasteiger partial charge in [-0.05, 0) is 62.2 Å². The van der Waals surface area contributed by atoms with E-state index in [1.807, 2.05) is 0 Å². The van der Waals surface area contributed by atoms with Gasteiger partial charge in [0.15, 0.2) is 5.82 Å². The van der Waals surface area contributed by atoms with Crippen molar-refractivity contribution in [1.82, 2.24) is 4.98 Å². The van der Waals surface area contributed by atoms with Crippen LogP contribution in [-0.4, -0.2) is 13.4 Å². The summed E-state index contributed by atoms with van der Waals surface area (Å²) in [7, 11) is -3.69. The molecule has 4 nitrogen and oxygen atoms in total. The van der Waals surface area contributed by atoms with Crippen molar-refractivity contribution in [3.05, 3.63) is 49.9 Å². The molecule has 0 spiro atoms. The largest absolute Gasteiger partial charge is 0.264 e. The summed E-state index contributed by atoms with van der Waals surface area (Å²) in [6, 6.07) is 8.25. The van der Waals surface area contributed by atoms with Gasteiger partial charge in [-0.25, -0.2) is 13.4 Å². The average molecular weight is 471 g/mol. The van der Waals surface area contributed by atoms with Crippen LogP contribution in [0.3, 0.4) is 0 Å².